The number of rotatable bonds is 13. The van der Waals surface area contributed by atoms with Gasteiger partial charge in [-0.2, -0.15) is 0 Å². The van der Waals surface area contributed by atoms with Crippen molar-refractivity contribution < 1.29 is 28.7 Å². The Morgan fingerprint density at radius 2 is 1.97 bits per heavy atom. The van der Waals surface area contributed by atoms with E-state index in [0.29, 0.717) is 31.6 Å². The van der Waals surface area contributed by atoms with Gasteiger partial charge in [0.15, 0.2) is 0 Å². The van der Waals surface area contributed by atoms with E-state index in [1.165, 1.54) is 16.7 Å². The number of hydrogen-bond donors (Lipinski definition) is 3. The second kappa shape index (κ2) is 12.5. The van der Waals surface area contributed by atoms with Crippen LogP contribution in [-0.4, -0.2) is 63.3 Å². The van der Waals surface area contributed by atoms with Gasteiger partial charge < -0.3 is 20.6 Å². The van der Waals surface area contributed by atoms with E-state index >= 15 is 0 Å². The summed E-state index contributed by atoms with van der Waals surface area (Å²) in [5, 5.41) is 9.33. The molecule has 1 aliphatic heterocycles. The van der Waals surface area contributed by atoms with Crippen molar-refractivity contribution in [3.8, 4) is 0 Å². The molecule has 1 amide bonds. The summed E-state index contributed by atoms with van der Waals surface area (Å²) < 4.78 is 18.0. The molecule has 0 aliphatic carbocycles. The summed E-state index contributed by atoms with van der Waals surface area (Å²) in [5.41, 5.74) is 6.67. The molecule has 0 radical (unpaired) electrons. The van der Waals surface area contributed by atoms with Gasteiger partial charge in [0.05, 0.1) is 12.0 Å². The third-order valence-electron chi connectivity index (χ3n) is 4.94. The van der Waals surface area contributed by atoms with Gasteiger partial charge in [-0.25, -0.2) is 4.79 Å². The van der Waals surface area contributed by atoms with E-state index in [4.69, 9.17) is 10.3 Å². The van der Waals surface area contributed by atoms with Crippen molar-refractivity contribution in [2.45, 2.75) is 50.7 Å². The molecule has 30 heavy (non-hydrogen) atoms. The maximum atomic E-state index is 12.9. The summed E-state index contributed by atoms with van der Waals surface area (Å²) >= 11 is 1.34. The number of carboxylic acid groups (broad SMARTS) is 1. The van der Waals surface area contributed by atoms with Gasteiger partial charge in [-0.1, -0.05) is 30.3 Å². The topological polar surface area (TPSA) is 130 Å². The zero-order valence-electron chi connectivity index (χ0n) is 17.0. The van der Waals surface area contributed by atoms with Crippen LogP contribution < -0.4 is 5.73 Å². The fraction of sp³-hybridized carbons (Fsp3) is 0.600. The SMILES string of the molecule is NCCCC[C@H](OP(=O)(O)CCCCc1ccccc1)C(=O)N1CSC[C@H]1C(=O)O. The van der Waals surface area contributed by atoms with Crippen molar-refractivity contribution in [3.05, 3.63) is 35.9 Å². The van der Waals surface area contributed by atoms with Crippen molar-refractivity contribution in [2.24, 2.45) is 5.73 Å². The number of hydrogen-bond acceptors (Lipinski definition) is 6. The second-order valence-corrected chi connectivity index (χ2v) is 10.3. The van der Waals surface area contributed by atoms with Gasteiger partial charge in [0.1, 0.15) is 12.1 Å². The van der Waals surface area contributed by atoms with Gasteiger partial charge in [0.25, 0.3) is 5.91 Å². The summed E-state index contributed by atoms with van der Waals surface area (Å²) in [6.07, 6.45) is 2.27. The molecule has 3 atom stereocenters. The smallest absolute Gasteiger partial charge is 0.328 e. The molecule has 1 fully saturated rings. The molecular weight excluding hydrogens is 427 g/mol. The van der Waals surface area contributed by atoms with Crippen LogP contribution in [0.1, 0.15) is 37.7 Å². The minimum Gasteiger partial charge on any atom is -0.480 e. The number of benzene rings is 1. The number of nitrogens with zero attached hydrogens (tertiary/aromatic N) is 1. The predicted octanol–water partition coefficient (Wildman–Crippen LogP) is 2.70. The van der Waals surface area contributed by atoms with Gasteiger partial charge in [-0.15, -0.1) is 11.8 Å². The maximum absolute atomic E-state index is 12.9. The van der Waals surface area contributed by atoms with Crippen molar-refractivity contribution in [1.29, 1.82) is 0 Å². The first-order valence-corrected chi connectivity index (χ1v) is 13.1. The zero-order chi connectivity index (χ0) is 22.0. The summed E-state index contributed by atoms with van der Waals surface area (Å²) in [6, 6.07) is 8.92. The quantitative estimate of drug-likeness (QED) is 0.304. The van der Waals surface area contributed by atoms with Crippen LogP contribution >= 0.6 is 19.4 Å². The van der Waals surface area contributed by atoms with Gasteiger partial charge >= 0.3 is 13.6 Å². The fourth-order valence-corrected chi connectivity index (χ4v) is 5.76. The Hall–Kier alpha value is -1.38. The first kappa shape index (κ1) is 24.9. The van der Waals surface area contributed by atoms with Gasteiger partial charge in [-0.3, -0.25) is 13.9 Å². The maximum Gasteiger partial charge on any atom is 0.328 e. The molecule has 1 aromatic rings. The number of carboxylic acids is 1. The molecule has 0 spiro atoms. The third-order valence-corrected chi connectivity index (χ3v) is 7.41. The van der Waals surface area contributed by atoms with E-state index in [2.05, 4.69) is 0 Å². The minimum absolute atomic E-state index is 0.0440. The van der Waals surface area contributed by atoms with Crippen LogP contribution in [0.2, 0.25) is 0 Å². The number of unbranched alkanes of at least 4 members (excludes halogenated alkanes) is 2. The largest absolute Gasteiger partial charge is 0.480 e. The van der Waals surface area contributed by atoms with Crippen LogP contribution in [0.4, 0.5) is 0 Å². The molecule has 1 saturated heterocycles. The summed E-state index contributed by atoms with van der Waals surface area (Å²) in [4.78, 5) is 35.9. The first-order chi connectivity index (χ1) is 14.3. The zero-order valence-corrected chi connectivity index (χ0v) is 18.7. The molecule has 0 bridgehead atoms. The lowest BCUT2D eigenvalue weighted by Crippen LogP contribution is -2.47. The lowest BCUT2D eigenvalue weighted by molar-refractivity contribution is -0.151. The fourth-order valence-electron chi connectivity index (χ4n) is 3.28. The molecule has 1 aromatic carbocycles. The van der Waals surface area contributed by atoms with E-state index in [-0.39, 0.29) is 18.5 Å². The second-order valence-electron chi connectivity index (χ2n) is 7.34. The molecule has 4 N–H and O–H groups in total. The minimum atomic E-state index is -3.99. The van der Waals surface area contributed by atoms with Gasteiger partial charge in [0, 0.05) is 5.75 Å². The Bertz CT molecular complexity index is 735. The highest BCUT2D eigenvalue weighted by Crippen LogP contribution is 2.45. The number of thioether (sulfide) groups is 1. The molecule has 168 valence electrons. The average Bonchev–Trinajstić information content (AvgIpc) is 3.21. The van der Waals surface area contributed by atoms with E-state index in [9.17, 15) is 24.2 Å². The molecule has 1 aliphatic rings. The monoisotopic (exact) mass is 458 g/mol. The van der Waals surface area contributed by atoms with Crippen molar-refractivity contribution in [3.63, 3.8) is 0 Å². The number of amides is 1. The number of carbonyl (C=O) groups excluding carboxylic acids is 1. The van der Waals surface area contributed by atoms with Crippen LogP contribution in [0.25, 0.3) is 0 Å². The summed E-state index contributed by atoms with van der Waals surface area (Å²) in [7, 11) is -3.99. The van der Waals surface area contributed by atoms with E-state index < -0.39 is 31.6 Å². The number of aliphatic carboxylic acids is 1. The van der Waals surface area contributed by atoms with Crippen molar-refractivity contribution in [2.75, 3.05) is 24.3 Å². The first-order valence-electron chi connectivity index (χ1n) is 10.2. The van der Waals surface area contributed by atoms with E-state index in [0.717, 1.165) is 18.4 Å². The Balaban J connectivity index is 1.93. The number of nitrogens with two attached hydrogens (primary N) is 1. The van der Waals surface area contributed by atoms with Gasteiger partial charge in [-0.05, 0) is 50.6 Å². The van der Waals surface area contributed by atoms with Crippen LogP contribution in [0.15, 0.2) is 30.3 Å². The predicted molar refractivity (Wildman–Crippen MR) is 117 cm³/mol. The number of aryl methyl sites for hydroxylation is 1. The molecule has 0 aromatic heterocycles. The highest BCUT2D eigenvalue weighted by Gasteiger charge is 2.39. The Kier molecular flexibility index (Phi) is 10.3. The molecule has 2 rings (SSSR count). The normalized spacial score (nSPS) is 19.4. The van der Waals surface area contributed by atoms with Crippen LogP contribution in [-0.2, 0) is 25.1 Å². The van der Waals surface area contributed by atoms with Gasteiger partial charge in [0.2, 0.25) is 0 Å². The number of carbonyl (C=O) groups is 2. The van der Waals surface area contributed by atoms with Crippen LogP contribution in [0, 0.1) is 0 Å². The molecular formula is C20H31N2O6PS. The highest BCUT2D eigenvalue weighted by molar-refractivity contribution is 7.99. The molecule has 1 heterocycles. The van der Waals surface area contributed by atoms with E-state index in [1.54, 1.807) is 0 Å². The summed E-state index contributed by atoms with van der Waals surface area (Å²) in [6.45, 7) is 0.439. The highest BCUT2D eigenvalue weighted by atomic mass is 32.2. The molecule has 0 saturated carbocycles. The molecule has 1 unspecified atom stereocenters. The summed E-state index contributed by atoms with van der Waals surface area (Å²) in [5.74, 6) is -1.09. The van der Waals surface area contributed by atoms with Crippen LogP contribution in [0.5, 0.6) is 0 Å². The Labute approximate surface area is 181 Å². The molecule has 10 heteroatoms. The Morgan fingerprint density at radius 1 is 1.23 bits per heavy atom. The lowest BCUT2D eigenvalue weighted by atomic mass is 10.1. The third kappa shape index (κ3) is 8.04. The standard InChI is InChI=1S/C20H31N2O6PS/c21-12-6-4-11-18(19(23)22-15-30-14-17(22)20(24)25)28-29(26,27)13-7-5-10-16-8-2-1-3-9-16/h1-3,8-9,17-18H,4-7,10-15,21H2,(H,24,25)(H,26,27)/t17-,18-/m0/s1. The lowest BCUT2D eigenvalue weighted by Gasteiger charge is -2.27. The molecule has 8 nitrogen and oxygen atoms in total. The van der Waals surface area contributed by atoms with Crippen molar-refractivity contribution >= 4 is 31.2 Å². The van der Waals surface area contributed by atoms with Crippen molar-refractivity contribution in [1.82, 2.24) is 4.90 Å². The Morgan fingerprint density at radius 3 is 2.63 bits per heavy atom. The average molecular weight is 459 g/mol. The van der Waals surface area contributed by atoms with E-state index in [1.807, 2.05) is 30.3 Å². The van der Waals surface area contributed by atoms with Crippen LogP contribution in [0.3, 0.4) is 0 Å².